The number of aryl methyl sites for hydroxylation is 1. The topological polar surface area (TPSA) is 21.3 Å². The van der Waals surface area contributed by atoms with Crippen LogP contribution in [0.4, 0.5) is 0 Å². The second kappa shape index (κ2) is 6.00. The van der Waals surface area contributed by atoms with Gasteiger partial charge in [0.05, 0.1) is 7.11 Å². The van der Waals surface area contributed by atoms with E-state index in [0.717, 1.165) is 30.0 Å². The summed E-state index contributed by atoms with van der Waals surface area (Å²) in [4.78, 5) is 0. The van der Waals surface area contributed by atoms with E-state index in [1.54, 1.807) is 0 Å². The van der Waals surface area contributed by atoms with Crippen molar-refractivity contribution in [3.8, 4) is 5.75 Å². The van der Waals surface area contributed by atoms with Crippen molar-refractivity contribution < 1.29 is 4.74 Å². The van der Waals surface area contributed by atoms with Crippen molar-refractivity contribution in [3.05, 3.63) is 28.8 Å². The van der Waals surface area contributed by atoms with Gasteiger partial charge in [-0.3, -0.25) is 0 Å². The van der Waals surface area contributed by atoms with Crippen LogP contribution in [-0.4, -0.2) is 13.7 Å². The van der Waals surface area contributed by atoms with E-state index in [0.29, 0.717) is 6.04 Å². The molecule has 116 valence electrons. The first-order valence-corrected chi connectivity index (χ1v) is 8.53. The summed E-state index contributed by atoms with van der Waals surface area (Å²) in [5.74, 6) is 3.94. The van der Waals surface area contributed by atoms with Crippen molar-refractivity contribution in [2.45, 2.75) is 52.5 Å². The number of nitrogens with one attached hydrogen (secondary N) is 1. The Labute approximate surface area is 129 Å². The van der Waals surface area contributed by atoms with Gasteiger partial charge in [-0.15, -0.1) is 0 Å². The predicted molar refractivity (Wildman–Crippen MR) is 87.8 cm³/mol. The van der Waals surface area contributed by atoms with E-state index in [4.69, 9.17) is 4.74 Å². The fourth-order valence-corrected chi connectivity index (χ4v) is 4.19. The Morgan fingerprint density at radius 3 is 2.52 bits per heavy atom. The highest BCUT2D eigenvalue weighted by Gasteiger charge is 2.48. The molecule has 2 nitrogen and oxygen atoms in total. The van der Waals surface area contributed by atoms with Gasteiger partial charge in [0.2, 0.25) is 0 Å². The zero-order valence-electron chi connectivity index (χ0n) is 13.9. The summed E-state index contributed by atoms with van der Waals surface area (Å²) < 4.78 is 5.78. The van der Waals surface area contributed by atoms with E-state index in [1.807, 2.05) is 7.11 Å². The van der Waals surface area contributed by atoms with Gasteiger partial charge in [-0.05, 0) is 75.0 Å². The zero-order chi connectivity index (χ0) is 15.0. The number of hydrogen-bond acceptors (Lipinski definition) is 2. The molecule has 3 rings (SSSR count). The van der Waals surface area contributed by atoms with Crippen LogP contribution in [0.5, 0.6) is 5.75 Å². The van der Waals surface area contributed by atoms with Gasteiger partial charge in [-0.25, -0.2) is 0 Å². The molecule has 2 saturated carbocycles. The number of hydrogen-bond donors (Lipinski definition) is 1. The highest BCUT2D eigenvalue weighted by atomic mass is 16.5. The molecule has 1 aromatic carbocycles. The van der Waals surface area contributed by atoms with Crippen LogP contribution >= 0.6 is 0 Å². The summed E-state index contributed by atoms with van der Waals surface area (Å²) in [6.45, 7) is 7.68. The van der Waals surface area contributed by atoms with Crippen LogP contribution in [0, 0.1) is 31.6 Å². The first-order valence-electron chi connectivity index (χ1n) is 8.53. The van der Waals surface area contributed by atoms with Crippen LogP contribution in [0.25, 0.3) is 0 Å². The van der Waals surface area contributed by atoms with E-state index in [2.05, 4.69) is 38.2 Å². The van der Waals surface area contributed by atoms with E-state index < -0.39 is 0 Å². The third-order valence-electron chi connectivity index (χ3n) is 5.61. The molecule has 0 bridgehead atoms. The molecule has 21 heavy (non-hydrogen) atoms. The maximum absolute atomic E-state index is 5.78. The van der Waals surface area contributed by atoms with E-state index in [9.17, 15) is 0 Å². The SMILES string of the molecule is CCCNC(c1ccc(C)c(C)c1OC)C1CC2CC2C1. The molecule has 3 unspecified atom stereocenters. The Hall–Kier alpha value is -1.02. The second-order valence-corrected chi connectivity index (χ2v) is 7.05. The fourth-order valence-electron chi connectivity index (χ4n) is 4.19. The molecule has 0 radical (unpaired) electrons. The van der Waals surface area contributed by atoms with Gasteiger partial charge in [-0.1, -0.05) is 19.1 Å². The van der Waals surface area contributed by atoms with Gasteiger partial charge in [0.15, 0.2) is 0 Å². The largest absolute Gasteiger partial charge is 0.496 e. The van der Waals surface area contributed by atoms with Crippen LogP contribution in [-0.2, 0) is 0 Å². The molecule has 0 spiro atoms. The molecule has 0 heterocycles. The number of methoxy groups -OCH3 is 1. The Bertz CT molecular complexity index is 501. The lowest BCUT2D eigenvalue weighted by Gasteiger charge is -2.29. The van der Waals surface area contributed by atoms with Crippen LogP contribution in [0.2, 0.25) is 0 Å². The Balaban J connectivity index is 1.89. The minimum absolute atomic E-state index is 0.465. The van der Waals surface area contributed by atoms with Crippen molar-refractivity contribution in [1.82, 2.24) is 5.32 Å². The van der Waals surface area contributed by atoms with Crippen LogP contribution in [0.1, 0.15) is 55.3 Å². The normalized spacial score (nSPS) is 28.3. The smallest absolute Gasteiger partial charge is 0.126 e. The predicted octanol–water partition coefficient (Wildman–Crippen LogP) is 4.40. The molecule has 0 aliphatic heterocycles. The lowest BCUT2D eigenvalue weighted by atomic mass is 9.87. The summed E-state index contributed by atoms with van der Waals surface area (Å²) in [5, 5.41) is 3.81. The number of ether oxygens (including phenoxy) is 1. The first kappa shape index (κ1) is 14.9. The fraction of sp³-hybridized carbons (Fsp3) is 0.684. The van der Waals surface area contributed by atoms with Crippen LogP contribution in [0.3, 0.4) is 0 Å². The van der Waals surface area contributed by atoms with Gasteiger partial charge < -0.3 is 10.1 Å². The van der Waals surface area contributed by atoms with E-state index >= 15 is 0 Å². The standard InChI is InChI=1S/C19H29NO/c1-5-8-20-18(16-10-14-9-15(14)11-16)17-7-6-12(2)13(3)19(17)21-4/h6-7,14-16,18,20H,5,8-11H2,1-4H3. The van der Waals surface area contributed by atoms with Gasteiger partial charge in [0, 0.05) is 11.6 Å². The molecule has 2 aliphatic carbocycles. The monoisotopic (exact) mass is 287 g/mol. The zero-order valence-corrected chi connectivity index (χ0v) is 13.9. The van der Waals surface area contributed by atoms with E-state index in [-0.39, 0.29) is 0 Å². The highest BCUT2D eigenvalue weighted by Crippen LogP contribution is 2.57. The third kappa shape index (κ3) is 2.83. The lowest BCUT2D eigenvalue weighted by Crippen LogP contribution is -2.29. The molecule has 2 heteroatoms. The number of fused-ring (bicyclic) bond motifs is 1. The van der Waals surface area contributed by atoms with Crippen LogP contribution < -0.4 is 10.1 Å². The molecule has 2 fully saturated rings. The maximum Gasteiger partial charge on any atom is 0.126 e. The maximum atomic E-state index is 5.78. The van der Waals surface area contributed by atoms with Gasteiger partial charge >= 0.3 is 0 Å². The molecule has 0 aromatic heterocycles. The molecule has 0 amide bonds. The van der Waals surface area contributed by atoms with Crippen molar-refractivity contribution in [3.63, 3.8) is 0 Å². The van der Waals surface area contributed by atoms with Gasteiger partial charge in [-0.2, -0.15) is 0 Å². The van der Waals surface area contributed by atoms with Crippen molar-refractivity contribution in [2.75, 3.05) is 13.7 Å². The average Bonchev–Trinajstić information content (AvgIpc) is 3.10. The second-order valence-electron chi connectivity index (χ2n) is 7.05. The molecule has 1 aromatic rings. The minimum atomic E-state index is 0.465. The summed E-state index contributed by atoms with van der Waals surface area (Å²) in [6, 6.07) is 5.01. The minimum Gasteiger partial charge on any atom is -0.496 e. The third-order valence-corrected chi connectivity index (χ3v) is 5.61. The summed E-state index contributed by atoms with van der Waals surface area (Å²) in [6.07, 6.45) is 5.48. The van der Waals surface area contributed by atoms with E-state index in [1.165, 1.54) is 42.4 Å². The Morgan fingerprint density at radius 2 is 1.90 bits per heavy atom. The molecule has 1 N–H and O–H groups in total. The van der Waals surface area contributed by atoms with Crippen molar-refractivity contribution in [2.24, 2.45) is 17.8 Å². The van der Waals surface area contributed by atoms with Gasteiger partial charge in [0.25, 0.3) is 0 Å². The van der Waals surface area contributed by atoms with Crippen molar-refractivity contribution in [1.29, 1.82) is 0 Å². The van der Waals surface area contributed by atoms with Crippen LogP contribution in [0.15, 0.2) is 12.1 Å². The van der Waals surface area contributed by atoms with Gasteiger partial charge in [0.1, 0.15) is 5.75 Å². The molecular weight excluding hydrogens is 258 g/mol. The summed E-state index contributed by atoms with van der Waals surface area (Å²) in [5.41, 5.74) is 3.99. The highest BCUT2D eigenvalue weighted by molar-refractivity contribution is 5.47. The van der Waals surface area contributed by atoms with Crippen molar-refractivity contribution >= 4 is 0 Å². The molecule has 3 atom stereocenters. The summed E-state index contributed by atoms with van der Waals surface area (Å²) in [7, 11) is 1.81. The summed E-state index contributed by atoms with van der Waals surface area (Å²) >= 11 is 0. The number of benzene rings is 1. The number of rotatable bonds is 6. The Kier molecular flexibility index (Phi) is 4.26. The molecular formula is C19H29NO. The Morgan fingerprint density at radius 1 is 1.19 bits per heavy atom. The quantitative estimate of drug-likeness (QED) is 0.837. The lowest BCUT2D eigenvalue weighted by molar-refractivity contribution is 0.325. The molecule has 0 saturated heterocycles. The first-order chi connectivity index (χ1) is 10.2. The average molecular weight is 287 g/mol. The molecule has 2 aliphatic rings.